The van der Waals surface area contributed by atoms with Gasteiger partial charge < -0.3 is 0 Å². The van der Waals surface area contributed by atoms with Crippen molar-refractivity contribution in [1.82, 2.24) is 4.90 Å². The average molecular weight is 249 g/mol. The first kappa shape index (κ1) is 13.2. The summed E-state index contributed by atoms with van der Waals surface area (Å²) in [4.78, 5) is 14.8. The van der Waals surface area contributed by atoms with Crippen molar-refractivity contribution >= 4 is 5.78 Å². The summed E-state index contributed by atoms with van der Waals surface area (Å²) in [5.74, 6) is -0.230. The zero-order chi connectivity index (χ0) is 13.2. The average Bonchev–Trinajstić information content (AvgIpc) is 2.40. The Bertz CT molecular complexity index is 419. The summed E-state index contributed by atoms with van der Waals surface area (Å²) in [5, 5.41) is 0. The monoisotopic (exact) mass is 249 g/mol. The number of nitrogens with zero attached hydrogens (tertiary/aromatic N) is 1. The van der Waals surface area contributed by atoms with Gasteiger partial charge >= 0.3 is 0 Å². The Morgan fingerprint density at radius 1 is 1.11 bits per heavy atom. The Labute approximate surface area is 108 Å². The zero-order valence-corrected chi connectivity index (χ0v) is 11.1. The van der Waals surface area contributed by atoms with Crippen LogP contribution in [0.3, 0.4) is 0 Å². The van der Waals surface area contributed by atoms with Gasteiger partial charge in [-0.1, -0.05) is 6.42 Å². The van der Waals surface area contributed by atoms with E-state index in [9.17, 15) is 9.18 Å². The van der Waals surface area contributed by atoms with Crippen molar-refractivity contribution < 1.29 is 9.18 Å². The maximum absolute atomic E-state index is 12.9. The molecule has 1 saturated heterocycles. The van der Waals surface area contributed by atoms with Crippen LogP contribution in [-0.4, -0.2) is 29.3 Å². The van der Waals surface area contributed by atoms with Crippen LogP contribution < -0.4 is 0 Å². The van der Waals surface area contributed by atoms with Gasteiger partial charge in [-0.2, -0.15) is 0 Å². The number of hydrogen-bond acceptors (Lipinski definition) is 2. The highest BCUT2D eigenvalue weighted by Gasteiger charge is 2.35. The number of benzene rings is 1. The summed E-state index contributed by atoms with van der Waals surface area (Å²) in [5.41, 5.74) is 0.0881. The van der Waals surface area contributed by atoms with Crippen molar-refractivity contribution in [2.24, 2.45) is 0 Å². The van der Waals surface area contributed by atoms with Crippen LogP contribution in [0.4, 0.5) is 4.39 Å². The van der Waals surface area contributed by atoms with Crippen LogP contribution >= 0.6 is 0 Å². The molecule has 0 radical (unpaired) electrons. The number of halogens is 1. The molecule has 2 rings (SSSR count). The maximum atomic E-state index is 12.9. The second-order valence-electron chi connectivity index (χ2n) is 5.44. The van der Waals surface area contributed by atoms with E-state index in [2.05, 4.69) is 4.90 Å². The third kappa shape index (κ3) is 2.61. The Morgan fingerprint density at radius 2 is 1.67 bits per heavy atom. The molecule has 0 saturated carbocycles. The second kappa shape index (κ2) is 5.19. The van der Waals surface area contributed by atoms with Crippen LogP contribution in [-0.2, 0) is 0 Å². The van der Waals surface area contributed by atoms with Gasteiger partial charge in [0.05, 0.1) is 5.54 Å². The Balaban J connectivity index is 2.17. The zero-order valence-electron chi connectivity index (χ0n) is 11.1. The number of carbonyl (C=O) groups excluding carboxylic acids is 1. The highest BCUT2D eigenvalue weighted by molar-refractivity contribution is 6.02. The smallest absolute Gasteiger partial charge is 0.182 e. The standard InChI is InChI=1S/C15H20FNO/c1-15(2,17-10-4-3-5-11-17)14(18)12-6-8-13(16)9-7-12/h6-9H,3-5,10-11H2,1-2H3. The highest BCUT2D eigenvalue weighted by atomic mass is 19.1. The molecule has 0 spiro atoms. The number of hydrogen-bond donors (Lipinski definition) is 0. The molecule has 0 bridgehead atoms. The molecular weight excluding hydrogens is 229 g/mol. The summed E-state index contributed by atoms with van der Waals surface area (Å²) < 4.78 is 12.9. The lowest BCUT2D eigenvalue weighted by Gasteiger charge is -2.39. The molecule has 0 atom stereocenters. The van der Waals surface area contributed by atoms with Crippen molar-refractivity contribution in [2.45, 2.75) is 38.6 Å². The topological polar surface area (TPSA) is 20.3 Å². The van der Waals surface area contributed by atoms with E-state index in [0.29, 0.717) is 5.56 Å². The Kier molecular flexibility index (Phi) is 3.81. The van der Waals surface area contributed by atoms with Crippen molar-refractivity contribution in [3.63, 3.8) is 0 Å². The van der Waals surface area contributed by atoms with E-state index in [-0.39, 0.29) is 11.6 Å². The minimum Gasteiger partial charge on any atom is -0.292 e. The number of likely N-dealkylation sites (tertiary alicyclic amines) is 1. The fraction of sp³-hybridized carbons (Fsp3) is 0.533. The van der Waals surface area contributed by atoms with Crippen molar-refractivity contribution in [3.05, 3.63) is 35.6 Å². The molecule has 0 N–H and O–H groups in total. The van der Waals surface area contributed by atoms with Gasteiger partial charge in [-0.15, -0.1) is 0 Å². The minimum absolute atomic E-state index is 0.0735. The molecule has 1 aromatic carbocycles. The lowest BCUT2D eigenvalue weighted by Crippen LogP contribution is -2.52. The van der Waals surface area contributed by atoms with E-state index >= 15 is 0 Å². The molecular formula is C15H20FNO. The quantitative estimate of drug-likeness (QED) is 0.766. The molecule has 3 heteroatoms. The largest absolute Gasteiger partial charge is 0.292 e. The van der Waals surface area contributed by atoms with E-state index in [4.69, 9.17) is 0 Å². The molecule has 0 unspecified atom stereocenters. The van der Waals surface area contributed by atoms with E-state index in [1.807, 2.05) is 13.8 Å². The molecule has 0 aromatic heterocycles. The van der Waals surface area contributed by atoms with Gasteiger partial charge in [0, 0.05) is 5.56 Å². The Morgan fingerprint density at radius 3 is 2.22 bits per heavy atom. The van der Waals surface area contributed by atoms with Gasteiger partial charge in [-0.25, -0.2) is 4.39 Å². The van der Waals surface area contributed by atoms with Gasteiger partial charge in [-0.3, -0.25) is 9.69 Å². The molecule has 2 nitrogen and oxygen atoms in total. The molecule has 1 aliphatic heterocycles. The fourth-order valence-electron chi connectivity index (χ4n) is 2.55. The van der Waals surface area contributed by atoms with E-state index < -0.39 is 5.54 Å². The van der Waals surface area contributed by atoms with Gasteiger partial charge in [0.1, 0.15) is 5.82 Å². The second-order valence-corrected chi connectivity index (χ2v) is 5.44. The molecule has 1 aliphatic rings. The van der Waals surface area contributed by atoms with Gasteiger partial charge in [-0.05, 0) is 64.0 Å². The highest BCUT2D eigenvalue weighted by Crippen LogP contribution is 2.24. The lowest BCUT2D eigenvalue weighted by atomic mass is 9.89. The Hall–Kier alpha value is -1.22. The summed E-state index contributed by atoms with van der Waals surface area (Å²) in [6, 6.07) is 5.84. The van der Waals surface area contributed by atoms with Crippen LogP contribution in [0.1, 0.15) is 43.5 Å². The van der Waals surface area contributed by atoms with Crippen molar-refractivity contribution in [3.8, 4) is 0 Å². The first-order valence-electron chi connectivity index (χ1n) is 6.57. The van der Waals surface area contributed by atoms with Crippen molar-refractivity contribution in [2.75, 3.05) is 13.1 Å². The third-order valence-corrected chi connectivity index (χ3v) is 3.81. The molecule has 0 amide bonds. The van der Waals surface area contributed by atoms with Crippen LogP contribution in [0.2, 0.25) is 0 Å². The lowest BCUT2D eigenvalue weighted by molar-refractivity contribution is 0.0579. The molecule has 1 heterocycles. The molecule has 18 heavy (non-hydrogen) atoms. The van der Waals surface area contributed by atoms with Crippen LogP contribution in [0, 0.1) is 5.82 Å². The number of carbonyl (C=O) groups is 1. The normalized spacial score (nSPS) is 17.7. The summed E-state index contributed by atoms with van der Waals surface area (Å²) in [6.07, 6.45) is 3.55. The predicted octanol–water partition coefficient (Wildman–Crippen LogP) is 3.27. The predicted molar refractivity (Wildman–Crippen MR) is 70.2 cm³/mol. The molecule has 1 fully saturated rings. The van der Waals surface area contributed by atoms with E-state index in [1.165, 1.54) is 18.6 Å². The number of ketones is 1. The fourth-order valence-corrected chi connectivity index (χ4v) is 2.55. The molecule has 98 valence electrons. The first-order chi connectivity index (χ1) is 8.51. The van der Waals surface area contributed by atoms with Gasteiger partial charge in [0.2, 0.25) is 0 Å². The van der Waals surface area contributed by atoms with Crippen LogP contribution in [0.25, 0.3) is 0 Å². The number of rotatable bonds is 3. The SMILES string of the molecule is CC(C)(C(=O)c1ccc(F)cc1)N1CCCCC1. The van der Waals surface area contributed by atoms with E-state index in [1.54, 1.807) is 12.1 Å². The minimum atomic E-state index is -0.502. The maximum Gasteiger partial charge on any atom is 0.182 e. The number of piperidine rings is 1. The summed E-state index contributed by atoms with van der Waals surface area (Å²) in [7, 11) is 0. The number of Topliss-reactive ketones (excluding diaryl/α,β-unsaturated/α-hetero) is 1. The van der Waals surface area contributed by atoms with E-state index in [0.717, 1.165) is 25.9 Å². The van der Waals surface area contributed by atoms with Gasteiger partial charge in [0.25, 0.3) is 0 Å². The van der Waals surface area contributed by atoms with Crippen LogP contribution in [0.15, 0.2) is 24.3 Å². The van der Waals surface area contributed by atoms with Gasteiger partial charge in [0.15, 0.2) is 5.78 Å². The summed E-state index contributed by atoms with van der Waals surface area (Å²) >= 11 is 0. The molecule has 1 aromatic rings. The molecule has 0 aliphatic carbocycles. The first-order valence-corrected chi connectivity index (χ1v) is 6.57. The third-order valence-electron chi connectivity index (χ3n) is 3.81. The summed E-state index contributed by atoms with van der Waals surface area (Å²) in [6.45, 7) is 5.87. The van der Waals surface area contributed by atoms with Crippen LogP contribution in [0.5, 0.6) is 0 Å². The van der Waals surface area contributed by atoms with Crippen molar-refractivity contribution in [1.29, 1.82) is 0 Å².